The highest BCUT2D eigenvalue weighted by Crippen LogP contribution is 2.27. The van der Waals surface area contributed by atoms with Gasteiger partial charge >= 0.3 is 0 Å². The summed E-state index contributed by atoms with van der Waals surface area (Å²) in [4.78, 5) is 11.9. The van der Waals surface area contributed by atoms with Crippen LogP contribution in [-0.4, -0.2) is 37.8 Å². The number of benzene rings is 1. The standard InChI is InChI=1S/C17H24N2O3S/c1-2-17(20)18-15-8-10-19(11-9-15)23(21,22)16-7-6-13-4-3-5-14(13)12-16/h6-7,12,15H,2-5,8-11H2,1H3,(H,18,20). The van der Waals surface area contributed by atoms with Gasteiger partial charge in [0.05, 0.1) is 4.90 Å². The van der Waals surface area contributed by atoms with Crippen molar-refractivity contribution >= 4 is 15.9 Å². The Balaban J connectivity index is 1.68. The minimum Gasteiger partial charge on any atom is -0.353 e. The molecule has 0 atom stereocenters. The maximum Gasteiger partial charge on any atom is 0.243 e. The molecule has 0 spiro atoms. The molecule has 5 nitrogen and oxygen atoms in total. The zero-order valence-corrected chi connectivity index (χ0v) is 14.4. The second-order valence-corrected chi connectivity index (χ2v) is 8.32. The van der Waals surface area contributed by atoms with E-state index in [2.05, 4.69) is 5.32 Å². The number of nitrogens with zero attached hydrogens (tertiary/aromatic N) is 1. The summed E-state index contributed by atoms with van der Waals surface area (Å²) >= 11 is 0. The number of sulfonamides is 1. The van der Waals surface area contributed by atoms with E-state index in [1.54, 1.807) is 10.4 Å². The van der Waals surface area contributed by atoms with Gasteiger partial charge in [0.1, 0.15) is 0 Å². The summed E-state index contributed by atoms with van der Waals surface area (Å²) in [5, 5.41) is 2.95. The molecule has 1 amide bonds. The lowest BCUT2D eigenvalue weighted by molar-refractivity contribution is -0.121. The molecule has 126 valence electrons. The van der Waals surface area contributed by atoms with Gasteiger partial charge in [-0.15, -0.1) is 0 Å². The lowest BCUT2D eigenvalue weighted by Crippen LogP contribution is -2.46. The first-order chi connectivity index (χ1) is 11.0. The van der Waals surface area contributed by atoms with E-state index in [0.29, 0.717) is 37.2 Å². The summed E-state index contributed by atoms with van der Waals surface area (Å²) in [6.45, 7) is 2.75. The van der Waals surface area contributed by atoms with E-state index >= 15 is 0 Å². The molecule has 6 heteroatoms. The first-order valence-corrected chi connectivity index (χ1v) is 9.86. The van der Waals surface area contributed by atoms with Crippen molar-refractivity contribution in [2.45, 2.75) is 56.4 Å². The summed E-state index contributed by atoms with van der Waals surface area (Å²) in [5.41, 5.74) is 2.46. The minimum absolute atomic E-state index is 0.0323. The first kappa shape index (κ1) is 16.5. The Bertz CT molecular complexity index is 692. The van der Waals surface area contributed by atoms with Gasteiger partial charge in [-0.2, -0.15) is 4.31 Å². The molecule has 2 aliphatic rings. The molecule has 0 aromatic heterocycles. The second kappa shape index (κ2) is 6.61. The van der Waals surface area contributed by atoms with E-state index in [0.717, 1.165) is 19.3 Å². The molecule has 1 aromatic carbocycles. The molecule has 1 saturated heterocycles. The lowest BCUT2D eigenvalue weighted by atomic mass is 10.1. The Morgan fingerprint density at radius 1 is 1.22 bits per heavy atom. The zero-order valence-electron chi connectivity index (χ0n) is 13.5. The van der Waals surface area contributed by atoms with Gasteiger partial charge in [-0.25, -0.2) is 8.42 Å². The molecule has 1 aromatic rings. The maximum atomic E-state index is 12.8. The number of carbonyl (C=O) groups is 1. The van der Waals surface area contributed by atoms with Crippen LogP contribution < -0.4 is 5.32 Å². The molecule has 1 N–H and O–H groups in total. The van der Waals surface area contributed by atoms with Crippen molar-refractivity contribution < 1.29 is 13.2 Å². The van der Waals surface area contributed by atoms with Crippen molar-refractivity contribution in [3.63, 3.8) is 0 Å². The molecular weight excluding hydrogens is 312 g/mol. The smallest absolute Gasteiger partial charge is 0.243 e. The highest BCUT2D eigenvalue weighted by Gasteiger charge is 2.30. The number of piperidine rings is 1. The second-order valence-electron chi connectivity index (χ2n) is 6.38. The molecule has 1 aliphatic carbocycles. The van der Waals surface area contributed by atoms with Crippen LogP contribution in [0, 0.1) is 0 Å². The van der Waals surface area contributed by atoms with Gasteiger partial charge < -0.3 is 5.32 Å². The van der Waals surface area contributed by atoms with E-state index in [4.69, 9.17) is 0 Å². The Morgan fingerprint density at radius 3 is 2.61 bits per heavy atom. The van der Waals surface area contributed by atoms with Crippen molar-refractivity contribution in [1.82, 2.24) is 9.62 Å². The van der Waals surface area contributed by atoms with Crippen LogP contribution in [0.4, 0.5) is 0 Å². The van der Waals surface area contributed by atoms with Crippen LogP contribution in [0.2, 0.25) is 0 Å². The van der Waals surface area contributed by atoms with Gasteiger partial charge in [-0.1, -0.05) is 13.0 Å². The fourth-order valence-corrected chi connectivity index (χ4v) is 4.95. The summed E-state index contributed by atoms with van der Waals surface area (Å²) in [6, 6.07) is 5.64. The van der Waals surface area contributed by atoms with Crippen molar-refractivity contribution in [2.24, 2.45) is 0 Å². The molecule has 3 rings (SSSR count). The van der Waals surface area contributed by atoms with Crippen molar-refractivity contribution in [2.75, 3.05) is 13.1 Å². The number of hydrogen-bond donors (Lipinski definition) is 1. The quantitative estimate of drug-likeness (QED) is 0.912. The van der Waals surface area contributed by atoms with Crippen molar-refractivity contribution in [3.8, 4) is 0 Å². The number of fused-ring (bicyclic) bond motifs is 1. The van der Waals surface area contributed by atoms with Crippen molar-refractivity contribution in [1.29, 1.82) is 0 Å². The Labute approximate surface area is 138 Å². The van der Waals surface area contributed by atoms with Crippen LogP contribution in [0.15, 0.2) is 23.1 Å². The summed E-state index contributed by atoms with van der Waals surface area (Å²) in [5.74, 6) is 0.0323. The number of carbonyl (C=O) groups excluding carboxylic acids is 1. The average molecular weight is 336 g/mol. The lowest BCUT2D eigenvalue weighted by Gasteiger charge is -2.31. The van der Waals surface area contributed by atoms with Crippen LogP contribution in [0.25, 0.3) is 0 Å². The topological polar surface area (TPSA) is 66.5 Å². The minimum atomic E-state index is -3.42. The van der Waals surface area contributed by atoms with Crippen LogP contribution in [-0.2, 0) is 27.7 Å². The fourth-order valence-electron chi connectivity index (χ4n) is 3.43. The predicted molar refractivity (Wildman–Crippen MR) is 88.7 cm³/mol. The van der Waals surface area contributed by atoms with E-state index in [9.17, 15) is 13.2 Å². The van der Waals surface area contributed by atoms with Crippen LogP contribution in [0.5, 0.6) is 0 Å². The fraction of sp³-hybridized carbons (Fsp3) is 0.588. The van der Waals surface area contributed by atoms with E-state index < -0.39 is 10.0 Å². The molecule has 0 bridgehead atoms. The van der Waals surface area contributed by atoms with Crippen LogP contribution in [0.3, 0.4) is 0 Å². The number of amides is 1. The molecule has 0 radical (unpaired) electrons. The Hall–Kier alpha value is -1.40. The van der Waals surface area contributed by atoms with E-state index in [1.807, 2.05) is 19.1 Å². The van der Waals surface area contributed by atoms with Gasteiger partial charge in [0, 0.05) is 25.6 Å². The van der Waals surface area contributed by atoms with Crippen molar-refractivity contribution in [3.05, 3.63) is 29.3 Å². The predicted octanol–water partition coefficient (Wildman–Crippen LogP) is 1.85. The van der Waals surface area contributed by atoms with Crippen LogP contribution >= 0.6 is 0 Å². The normalized spacial score (nSPS) is 19.5. The van der Waals surface area contributed by atoms with Gasteiger partial charge in [0.15, 0.2) is 0 Å². The third kappa shape index (κ3) is 3.43. The zero-order chi connectivity index (χ0) is 16.4. The highest BCUT2D eigenvalue weighted by molar-refractivity contribution is 7.89. The molecule has 1 fully saturated rings. The number of nitrogens with one attached hydrogen (secondary N) is 1. The van der Waals surface area contributed by atoms with Gasteiger partial charge in [0.25, 0.3) is 0 Å². The average Bonchev–Trinajstić information content (AvgIpc) is 3.02. The number of rotatable bonds is 4. The molecule has 23 heavy (non-hydrogen) atoms. The summed E-state index contributed by atoms with van der Waals surface area (Å²) in [6.07, 6.45) is 4.96. The number of hydrogen-bond acceptors (Lipinski definition) is 3. The third-order valence-corrected chi connectivity index (χ3v) is 6.74. The van der Waals surface area contributed by atoms with Gasteiger partial charge in [-0.3, -0.25) is 4.79 Å². The summed E-state index contributed by atoms with van der Waals surface area (Å²) < 4.78 is 27.2. The van der Waals surface area contributed by atoms with Gasteiger partial charge in [0.2, 0.25) is 15.9 Å². The molecule has 1 aliphatic heterocycles. The monoisotopic (exact) mass is 336 g/mol. The summed E-state index contributed by atoms with van der Waals surface area (Å²) in [7, 11) is -3.42. The third-order valence-electron chi connectivity index (χ3n) is 4.85. The molecule has 0 unspecified atom stereocenters. The Morgan fingerprint density at radius 2 is 1.91 bits per heavy atom. The highest BCUT2D eigenvalue weighted by atomic mass is 32.2. The Kier molecular flexibility index (Phi) is 4.73. The van der Waals surface area contributed by atoms with Crippen LogP contribution in [0.1, 0.15) is 43.7 Å². The first-order valence-electron chi connectivity index (χ1n) is 8.42. The largest absolute Gasteiger partial charge is 0.353 e. The van der Waals surface area contributed by atoms with E-state index in [-0.39, 0.29) is 11.9 Å². The van der Waals surface area contributed by atoms with Gasteiger partial charge in [-0.05, 0) is 55.4 Å². The number of aryl methyl sites for hydroxylation is 2. The SMILES string of the molecule is CCC(=O)NC1CCN(S(=O)(=O)c2ccc3c(c2)CCC3)CC1. The molecule has 0 saturated carbocycles. The van der Waals surface area contributed by atoms with E-state index in [1.165, 1.54) is 11.1 Å². The molecule has 1 heterocycles. The molecular formula is C17H24N2O3S. The maximum absolute atomic E-state index is 12.8.